The van der Waals surface area contributed by atoms with E-state index < -0.39 is 0 Å². The minimum atomic E-state index is -0.0162. The van der Waals surface area contributed by atoms with E-state index >= 15 is 0 Å². The molecule has 0 bridgehead atoms. The van der Waals surface area contributed by atoms with E-state index in [1.54, 1.807) is 14.0 Å². The normalized spacial score (nSPS) is 11.6. The number of carbonyl (C=O) groups is 1. The molecule has 3 heteroatoms. The van der Waals surface area contributed by atoms with E-state index in [4.69, 9.17) is 4.74 Å². The molecule has 3 nitrogen and oxygen atoms in total. The molecule has 0 saturated heterocycles. The predicted molar refractivity (Wildman–Crippen MR) is 154 cm³/mol. The zero-order valence-corrected chi connectivity index (χ0v) is 21.3. The Balaban J connectivity index is 1.71. The first-order valence-electron chi connectivity index (χ1n) is 12.4. The van der Waals surface area contributed by atoms with Crippen LogP contribution in [0, 0.1) is 0 Å². The van der Waals surface area contributed by atoms with Crippen LogP contribution in [-0.2, 0) is 9.53 Å². The van der Waals surface area contributed by atoms with E-state index in [-0.39, 0.29) is 5.78 Å². The number of hydrogen-bond donors (Lipinski definition) is 0. The van der Waals surface area contributed by atoms with E-state index in [9.17, 15) is 4.79 Å². The topological polar surface area (TPSA) is 29.5 Å². The molecule has 0 aliphatic heterocycles. The minimum Gasteiger partial charge on any atom is -0.501 e. The van der Waals surface area contributed by atoms with Crippen LogP contribution >= 0.6 is 0 Å². The van der Waals surface area contributed by atoms with E-state index in [1.165, 1.54) is 0 Å². The number of ether oxygens (including phenoxy) is 1. The summed E-state index contributed by atoms with van der Waals surface area (Å²) >= 11 is 0. The molecule has 0 atom stereocenters. The van der Waals surface area contributed by atoms with Crippen molar-refractivity contribution in [2.45, 2.75) is 13.8 Å². The van der Waals surface area contributed by atoms with Gasteiger partial charge in [0.25, 0.3) is 0 Å². The Hall–Kier alpha value is -4.63. The molecule has 0 aliphatic carbocycles. The molecule has 0 unspecified atom stereocenters. The Kier molecular flexibility index (Phi) is 6.87. The highest BCUT2D eigenvalue weighted by atomic mass is 16.5. The van der Waals surface area contributed by atoms with E-state index in [0.29, 0.717) is 11.3 Å². The smallest absolute Gasteiger partial charge is 0.163 e. The highest BCUT2D eigenvalue weighted by molar-refractivity contribution is 6.20. The van der Waals surface area contributed by atoms with Crippen molar-refractivity contribution in [2.75, 3.05) is 12.0 Å². The first kappa shape index (κ1) is 24.1. The summed E-state index contributed by atoms with van der Waals surface area (Å²) in [4.78, 5) is 14.7. The number of ketones is 1. The Morgan fingerprint density at radius 1 is 0.649 bits per heavy atom. The Labute approximate surface area is 218 Å². The molecular weight excluding hydrogens is 454 g/mol. The predicted octanol–water partition coefficient (Wildman–Crippen LogP) is 8.94. The number of para-hydroxylation sites is 2. The summed E-state index contributed by atoms with van der Waals surface area (Å²) in [6, 6.07) is 41.9. The van der Waals surface area contributed by atoms with Crippen molar-refractivity contribution in [3.8, 4) is 11.1 Å². The maximum absolute atomic E-state index is 12.5. The Morgan fingerprint density at radius 2 is 1.30 bits per heavy atom. The van der Waals surface area contributed by atoms with Gasteiger partial charge in [0, 0.05) is 16.9 Å². The molecule has 0 radical (unpaired) electrons. The van der Waals surface area contributed by atoms with Gasteiger partial charge in [0.2, 0.25) is 0 Å². The van der Waals surface area contributed by atoms with Gasteiger partial charge < -0.3 is 9.64 Å². The number of rotatable bonds is 7. The number of hydrogen-bond acceptors (Lipinski definition) is 3. The van der Waals surface area contributed by atoms with Crippen molar-refractivity contribution in [1.82, 2.24) is 0 Å². The number of nitrogens with zero attached hydrogens (tertiary/aromatic N) is 1. The standard InChI is InChI=1S/C34H29NO2/c1-24(36)34(25(2)37-3)28-19-18-26-20-21-31(23-29(26)22-28)35(30-14-8-5-9-15-30)33-17-11-10-16-32(33)27-12-6-4-7-13-27/h4-23H,1-3H3/b34-25+. The van der Waals surface area contributed by atoms with Crippen LogP contribution in [0.2, 0.25) is 0 Å². The number of allylic oxidation sites excluding steroid dienone is 2. The number of benzene rings is 5. The van der Waals surface area contributed by atoms with Crippen LogP contribution in [0.1, 0.15) is 19.4 Å². The highest BCUT2D eigenvalue weighted by Gasteiger charge is 2.18. The van der Waals surface area contributed by atoms with Crippen LogP contribution < -0.4 is 4.90 Å². The maximum atomic E-state index is 12.5. The number of fused-ring (bicyclic) bond motifs is 1. The van der Waals surface area contributed by atoms with Gasteiger partial charge in [-0.3, -0.25) is 4.79 Å². The summed E-state index contributed by atoms with van der Waals surface area (Å²) < 4.78 is 5.42. The average Bonchev–Trinajstić information content (AvgIpc) is 2.94. The molecule has 5 aromatic carbocycles. The SMILES string of the molecule is CO/C(C)=C(\C(C)=O)c1ccc2ccc(N(c3ccccc3)c3ccccc3-c3ccccc3)cc2c1. The van der Waals surface area contributed by atoms with Gasteiger partial charge in [-0.25, -0.2) is 0 Å². The third-order valence-electron chi connectivity index (χ3n) is 6.63. The van der Waals surface area contributed by atoms with Crippen LogP contribution in [-0.4, -0.2) is 12.9 Å². The summed E-state index contributed by atoms with van der Waals surface area (Å²) in [5.41, 5.74) is 6.97. The average molecular weight is 484 g/mol. The third-order valence-corrected chi connectivity index (χ3v) is 6.63. The molecule has 0 heterocycles. The molecule has 182 valence electrons. The van der Waals surface area contributed by atoms with Crippen LogP contribution in [0.5, 0.6) is 0 Å². The van der Waals surface area contributed by atoms with Crippen LogP contribution in [0.4, 0.5) is 17.1 Å². The number of carbonyl (C=O) groups excluding carboxylic acids is 1. The van der Waals surface area contributed by atoms with Crippen LogP contribution in [0.3, 0.4) is 0 Å². The number of methoxy groups -OCH3 is 1. The van der Waals surface area contributed by atoms with Crippen molar-refractivity contribution < 1.29 is 9.53 Å². The van der Waals surface area contributed by atoms with Gasteiger partial charge >= 0.3 is 0 Å². The molecule has 0 spiro atoms. The summed E-state index contributed by atoms with van der Waals surface area (Å²) in [6.07, 6.45) is 0. The first-order valence-corrected chi connectivity index (χ1v) is 12.4. The summed E-state index contributed by atoms with van der Waals surface area (Å²) in [5.74, 6) is 0.600. The number of Topliss-reactive ketones (excluding diaryl/α,β-unsaturated/α-hetero) is 1. The molecule has 0 aromatic heterocycles. The maximum Gasteiger partial charge on any atom is 0.163 e. The van der Waals surface area contributed by atoms with Gasteiger partial charge in [0.05, 0.1) is 18.4 Å². The van der Waals surface area contributed by atoms with E-state index in [1.807, 2.05) is 25.1 Å². The lowest BCUT2D eigenvalue weighted by molar-refractivity contribution is -0.111. The molecule has 0 amide bonds. The Morgan fingerprint density at radius 3 is 2.00 bits per heavy atom. The summed E-state index contributed by atoms with van der Waals surface area (Å²) in [7, 11) is 1.60. The molecule has 0 saturated carbocycles. The molecule has 5 aromatic rings. The van der Waals surface area contributed by atoms with E-state index in [0.717, 1.165) is 44.5 Å². The number of anilines is 3. The largest absolute Gasteiger partial charge is 0.501 e. The zero-order chi connectivity index (χ0) is 25.8. The highest BCUT2D eigenvalue weighted by Crippen LogP contribution is 2.41. The van der Waals surface area contributed by atoms with Crippen LogP contribution in [0.15, 0.2) is 127 Å². The van der Waals surface area contributed by atoms with Crippen molar-refractivity contribution in [3.05, 3.63) is 133 Å². The van der Waals surface area contributed by atoms with Crippen molar-refractivity contribution in [3.63, 3.8) is 0 Å². The fraction of sp³-hybridized carbons (Fsp3) is 0.0882. The molecular formula is C34H29NO2. The molecule has 0 aliphatic rings. The van der Waals surface area contributed by atoms with Gasteiger partial charge in [-0.2, -0.15) is 0 Å². The van der Waals surface area contributed by atoms with Gasteiger partial charge in [0.15, 0.2) is 5.78 Å². The van der Waals surface area contributed by atoms with Gasteiger partial charge in [-0.1, -0.05) is 84.9 Å². The fourth-order valence-corrected chi connectivity index (χ4v) is 4.82. The Bertz CT molecular complexity index is 1590. The monoisotopic (exact) mass is 483 g/mol. The second kappa shape index (κ2) is 10.5. The van der Waals surface area contributed by atoms with Gasteiger partial charge in [0.1, 0.15) is 5.76 Å². The quantitative estimate of drug-likeness (QED) is 0.171. The van der Waals surface area contributed by atoms with Crippen molar-refractivity contribution in [1.29, 1.82) is 0 Å². The minimum absolute atomic E-state index is 0.0162. The summed E-state index contributed by atoms with van der Waals surface area (Å²) in [6.45, 7) is 3.41. The lowest BCUT2D eigenvalue weighted by Crippen LogP contribution is -2.11. The third kappa shape index (κ3) is 4.89. The molecule has 0 N–H and O–H groups in total. The van der Waals surface area contributed by atoms with Crippen molar-refractivity contribution in [2.24, 2.45) is 0 Å². The zero-order valence-electron chi connectivity index (χ0n) is 21.3. The molecule has 0 fully saturated rings. The fourth-order valence-electron chi connectivity index (χ4n) is 4.82. The summed E-state index contributed by atoms with van der Waals surface area (Å²) in [5, 5.41) is 2.16. The van der Waals surface area contributed by atoms with Gasteiger partial charge in [-0.15, -0.1) is 0 Å². The second-order valence-corrected chi connectivity index (χ2v) is 8.99. The molecule has 5 rings (SSSR count). The van der Waals surface area contributed by atoms with Gasteiger partial charge in [-0.05, 0) is 72.1 Å². The lowest BCUT2D eigenvalue weighted by atomic mass is 9.97. The van der Waals surface area contributed by atoms with Crippen molar-refractivity contribution >= 4 is 39.2 Å². The second-order valence-electron chi connectivity index (χ2n) is 8.99. The lowest BCUT2D eigenvalue weighted by Gasteiger charge is -2.28. The van der Waals surface area contributed by atoms with E-state index in [2.05, 4.69) is 108 Å². The van der Waals surface area contributed by atoms with Crippen LogP contribution in [0.25, 0.3) is 27.5 Å². The first-order chi connectivity index (χ1) is 18.1. The molecule has 37 heavy (non-hydrogen) atoms.